The monoisotopic (exact) mass is 358 g/mol. The van der Waals surface area contributed by atoms with E-state index in [9.17, 15) is 13.2 Å². The quantitative estimate of drug-likeness (QED) is 0.819. The summed E-state index contributed by atoms with van der Waals surface area (Å²) < 4.78 is 24.4. The number of sulfone groups is 1. The summed E-state index contributed by atoms with van der Waals surface area (Å²) in [4.78, 5) is 15.9. The van der Waals surface area contributed by atoms with Gasteiger partial charge >= 0.3 is 0 Å². The van der Waals surface area contributed by atoms with Gasteiger partial charge in [0.05, 0.1) is 17.5 Å². The SMILES string of the molecule is CC(=O)N1CCN(Cc2cccc3ccccc23)[C@H]2CS(=O)(=O)C[C@H]21. The Hall–Kier alpha value is -1.92. The molecule has 2 saturated heterocycles. The first-order valence-electron chi connectivity index (χ1n) is 8.63. The lowest BCUT2D eigenvalue weighted by atomic mass is 10.0. The Morgan fingerprint density at radius 3 is 2.56 bits per heavy atom. The highest BCUT2D eigenvalue weighted by Crippen LogP contribution is 2.29. The van der Waals surface area contributed by atoms with Crippen molar-refractivity contribution in [3.63, 3.8) is 0 Å². The lowest BCUT2D eigenvalue weighted by Gasteiger charge is -2.43. The van der Waals surface area contributed by atoms with Crippen LogP contribution in [0.15, 0.2) is 42.5 Å². The van der Waals surface area contributed by atoms with Crippen LogP contribution in [-0.2, 0) is 21.2 Å². The number of carbonyl (C=O) groups is 1. The summed E-state index contributed by atoms with van der Waals surface area (Å²) in [5.41, 5.74) is 1.21. The number of benzene rings is 2. The molecule has 2 fully saturated rings. The molecule has 0 radical (unpaired) electrons. The number of nitrogens with zero attached hydrogens (tertiary/aromatic N) is 2. The van der Waals surface area contributed by atoms with E-state index in [-0.39, 0.29) is 29.5 Å². The van der Waals surface area contributed by atoms with Crippen molar-refractivity contribution in [1.29, 1.82) is 0 Å². The van der Waals surface area contributed by atoms with E-state index in [4.69, 9.17) is 0 Å². The molecule has 2 aromatic rings. The van der Waals surface area contributed by atoms with Crippen LogP contribution in [0.1, 0.15) is 12.5 Å². The molecule has 6 heteroatoms. The summed E-state index contributed by atoms with van der Waals surface area (Å²) in [6.45, 7) is 3.54. The standard InChI is InChI=1S/C19H22N2O3S/c1-14(22)21-10-9-20(18-12-25(23,24)13-19(18)21)11-16-7-4-6-15-5-2-3-8-17(15)16/h2-8,18-19H,9-13H2,1H3/t18-,19+/m0/s1. The van der Waals surface area contributed by atoms with Crippen LogP contribution in [0.4, 0.5) is 0 Å². The third kappa shape index (κ3) is 3.04. The number of hydrogen-bond donors (Lipinski definition) is 0. The second-order valence-electron chi connectivity index (χ2n) is 7.03. The molecule has 5 nitrogen and oxygen atoms in total. The zero-order chi connectivity index (χ0) is 17.6. The van der Waals surface area contributed by atoms with Crippen LogP contribution in [0, 0.1) is 0 Å². The Labute approximate surface area is 148 Å². The van der Waals surface area contributed by atoms with Crippen LogP contribution >= 0.6 is 0 Å². The Morgan fingerprint density at radius 1 is 1.04 bits per heavy atom. The van der Waals surface area contributed by atoms with Crippen LogP contribution in [0.3, 0.4) is 0 Å². The topological polar surface area (TPSA) is 57.7 Å². The Kier molecular flexibility index (Phi) is 4.04. The second-order valence-corrected chi connectivity index (χ2v) is 9.19. The number of amides is 1. The molecule has 0 aromatic heterocycles. The molecule has 2 atom stereocenters. The van der Waals surface area contributed by atoms with Gasteiger partial charge in [-0.25, -0.2) is 8.42 Å². The molecular weight excluding hydrogens is 336 g/mol. The third-order valence-electron chi connectivity index (χ3n) is 5.45. The van der Waals surface area contributed by atoms with Gasteiger partial charge in [-0.05, 0) is 16.3 Å². The minimum atomic E-state index is -3.10. The van der Waals surface area contributed by atoms with Gasteiger partial charge in [0.1, 0.15) is 0 Å². The van der Waals surface area contributed by atoms with E-state index < -0.39 is 9.84 Å². The molecule has 2 heterocycles. The Balaban J connectivity index is 1.65. The summed E-state index contributed by atoms with van der Waals surface area (Å²) in [5, 5.41) is 2.40. The maximum absolute atomic E-state index is 12.2. The van der Waals surface area contributed by atoms with Crippen molar-refractivity contribution in [2.45, 2.75) is 25.6 Å². The average molecular weight is 358 g/mol. The molecule has 0 N–H and O–H groups in total. The van der Waals surface area contributed by atoms with Gasteiger partial charge in [0.25, 0.3) is 0 Å². The molecule has 2 aromatic carbocycles. The molecule has 25 heavy (non-hydrogen) atoms. The van der Waals surface area contributed by atoms with E-state index in [1.54, 1.807) is 4.90 Å². The van der Waals surface area contributed by atoms with Crippen LogP contribution < -0.4 is 0 Å². The van der Waals surface area contributed by atoms with Gasteiger partial charge in [0, 0.05) is 32.6 Å². The van der Waals surface area contributed by atoms with Gasteiger partial charge < -0.3 is 4.90 Å². The number of carbonyl (C=O) groups excluding carboxylic acids is 1. The van der Waals surface area contributed by atoms with Crippen molar-refractivity contribution in [3.8, 4) is 0 Å². The van der Waals surface area contributed by atoms with Gasteiger partial charge in [-0.2, -0.15) is 0 Å². The van der Waals surface area contributed by atoms with E-state index in [2.05, 4.69) is 29.2 Å². The first kappa shape index (κ1) is 16.5. The summed E-state index contributed by atoms with van der Waals surface area (Å²) in [6, 6.07) is 14.2. The van der Waals surface area contributed by atoms with E-state index >= 15 is 0 Å². The van der Waals surface area contributed by atoms with E-state index in [0.717, 1.165) is 0 Å². The van der Waals surface area contributed by atoms with Gasteiger partial charge in [-0.1, -0.05) is 42.5 Å². The van der Waals surface area contributed by atoms with Crippen molar-refractivity contribution in [2.75, 3.05) is 24.6 Å². The molecule has 0 unspecified atom stereocenters. The molecule has 0 bridgehead atoms. The normalized spacial score (nSPS) is 25.9. The highest BCUT2D eigenvalue weighted by molar-refractivity contribution is 7.91. The predicted molar refractivity (Wildman–Crippen MR) is 98.0 cm³/mol. The lowest BCUT2D eigenvalue weighted by molar-refractivity contribution is -0.134. The van der Waals surface area contributed by atoms with Crippen LogP contribution in [-0.4, -0.2) is 60.8 Å². The molecule has 0 aliphatic carbocycles. The molecule has 1 amide bonds. The molecule has 132 valence electrons. The zero-order valence-electron chi connectivity index (χ0n) is 14.3. The number of fused-ring (bicyclic) bond motifs is 2. The minimum absolute atomic E-state index is 0.0306. The fourth-order valence-corrected chi connectivity index (χ4v) is 6.27. The van der Waals surface area contributed by atoms with Gasteiger partial charge in [-0.15, -0.1) is 0 Å². The zero-order valence-corrected chi connectivity index (χ0v) is 15.1. The molecule has 4 rings (SSSR count). The fraction of sp³-hybridized carbons (Fsp3) is 0.421. The first-order chi connectivity index (χ1) is 11.9. The summed E-state index contributed by atoms with van der Waals surface area (Å²) in [7, 11) is -3.10. The van der Waals surface area contributed by atoms with Crippen molar-refractivity contribution >= 4 is 26.5 Å². The summed E-state index contributed by atoms with van der Waals surface area (Å²) in [5.74, 6) is 0.201. The Bertz CT molecular complexity index is 920. The summed E-state index contributed by atoms with van der Waals surface area (Å²) in [6.07, 6.45) is 0. The number of rotatable bonds is 2. The Morgan fingerprint density at radius 2 is 1.76 bits per heavy atom. The largest absolute Gasteiger partial charge is 0.336 e. The van der Waals surface area contributed by atoms with Crippen molar-refractivity contribution < 1.29 is 13.2 Å². The van der Waals surface area contributed by atoms with Gasteiger partial charge in [0.15, 0.2) is 9.84 Å². The smallest absolute Gasteiger partial charge is 0.219 e. The average Bonchev–Trinajstić information content (AvgIpc) is 2.90. The second kappa shape index (κ2) is 6.11. The molecular formula is C19H22N2O3S. The van der Waals surface area contributed by atoms with Crippen LogP contribution in [0.5, 0.6) is 0 Å². The first-order valence-corrected chi connectivity index (χ1v) is 10.4. The van der Waals surface area contributed by atoms with E-state index in [1.807, 2.05) is 18.2 Å². The molecule has 2 aliphatic rings. The molecule has 2 aliphatic heterocycles. The fourth-order valence-electron chi connectivity index (χ4n) is 4.26. The maximum atomic E-state index is 12.2. The minimum Gasteiger partial charge on any atom is -0.336 e. The van der Waals surface area contributed by atoms with Gasteiger partial charge in [0.2, 0.25) is 5.91 Å². The highest BCUT2D eigenvalue weighted by Gasteiger charge is 2.47. The molecule has 0 spiro atoms. The highest BCUT2D eigenvalue weighted by atomic mass is 32.2. The number of piperazine rings is 1. The van der Waals surface area contributed by atoms with Crippen molar-refractivity contribution in [1.82, 2.24) is 9.80 Å². The maximum Gasteiger partial charge on any atom is 0.219 e. The van der Waals surface area contributed by atoms with Crippen molar-refractivity contribution in [2.24, 2.45) is 0 Å². The van der Waals surface area contributed by atoms with Crippen LogP contribution in [0.2, 0.25) is 0 Å². The van der Waals surface area contributed by atoms with Crippen LogP contribution in [0.25, 0.3) is 10.8 Å². The molecule has 0 saturated carbocycles. The lowest BCUT2D eigenvalue weighted by Crippen LogP contribution is -2.59. The number of hydrogen-bond acceptors (Lipinski definition) is 4. The van der Waals surface area contributed by atoms with E-state index in [1.165, 1.54) is 23.3 Å². The van der Waals surface area contributed by atoms with E-state index in [0.29, 0.717) is 19.6 Å². The van der Waals surface area contributed by atoms with Gasteiger partial charge in [-0.3, -0.25) is 9.69 Å². The third-order valence-corrected chi connectivity index (χ3v) is 7.15. The van der Waals surface area contributed by atoms with Crippen molar-refractivity contribution in [3.05, 3.63) is 48.0 Å². The predicted octanol–water partition coefficient (Wildman–Crippen LogP) is 1.67. The summed E-state index contributed by atoms with van der Waals surface area (Å²) >= 11 is 0.